The third kappa shape index (κ3) is 3.22. The lowest BCUT2D eigenvalue weighted by Crippen LogP contribution is -2.39. The fourth-order valence-corrected chi connectivity index (χ4v) is 7.64. The van der Waals surface area contributed by atoms with Crippen molar-refractivity contribution < 1.29 is 4.74 Å². The van der Waals surface area contributed by atoms with E-state index in [1.807, 2.05) is 42.9 Å². The molecule has 2 aliphatic rings. The topological polar surface area (TPSA) is 56.1 Å². The number of nitrogens with zero attached hydrogens (tertiary/aromatic N) is 5. The van der Waals surface area contributed by atoms with Crippen molar-refractivity contribution in [3.05, 3.63) is 174 Å². The first-order valence-electron chi connectivity index (χ1n) is 15.4. The highest BCUT2D eigenvalue weighted by molar-refractivity contribution is 6.06. The number of hydrogen-bond donors (Lipinski definition) is 0. The summed E-state index contributed by atoms with van der Waals surface area (Å²) < 4.78 is 8.70. The average Bonchev–Trinajstić information content (AvgIpc) is 3.46. The minimum Gasteiger partial charge on any atom is -0.457 e. The molecule has 216 valence electrons. The van der Waals surface area contributed by atoms with Gasteiger partial charge in [0.1, 0.15) is 11.5 Å². The lowest BCUT2D eigenvalue weighted by atomic mass is 9.61. The summed E-state index contributed by atoms with van der Waals surface area (Å²) >= 11 is 0. The van der Waals surface area contributed by atoms with Gasteiger partial charge in [0.2, 0.25) is 5.95 Å². The zero-order valence-electron chi connectivity index (χ0n) is 24.6. The van der Waals surface area contributed by atoms with Gasteiger partial charge in [0.15, 0.2) is 0 Å². The van der Waals surface area contributed by atoms with Gasteiger partial charge in [-0.05, 0) is 53.6 Å². The summed E-state index contributed by atoms with van der Waals surface area (Å²) in [6, 6.07) is 46.4. The lowest BCUT2D eigenvalue weighted by Gasteiger charge is -2.47. The van der Waals surface area contributed by atoms with Crippen molar-refractivity contribution in [1.82, 2.24) is 19.5 Å². The standard InChI is InChI=1S/C40H25N5O/c1-6-17-32-27(12-1)38-35(20-11-23-41-38)44(32)26-24-42-39(43-25-26)45-33-18-7-2-13-28(33)40(29-14-3-8-19-34(29)45)30-15-4-9-21-36(30)46-37-22-10-5-16-31(37)40/h1-25H. The number of ether oxygens (including phenoxy) is 1. The van der Waals surface area contributed by atoms with Crippen LogP contribution in [0, 0.1) is 0 Å². The van der Waals surface area contributed by atoms with Crippen molar-refractivity contribution in [2.45, 2.75) is 5.41 Å². The molecule has 6 heteroatoms. The van der Waals surface area contributed by atoms with Gasteiger partial charge in [-0.15, -0.1) is 0 Å². The van der Waals surface area contributed by atoms with E-state index >= 15 is 0 Å². The highest BCUT2D eigenvalue weighted by Gasteiger charge is 2.51. The smallest absolute Gasteiger partial charge is 0.234 e. The maximum Gasteiger partial charge on any atom is 0.234 e. The van der Waals surface area contributed by atoms with E-state index in [0.717, 1.165) is 72.8 Å². The molecule has 0 fully saturated rings. The molecular weight excluding hydrogens is 566 g/mol. The minimum absolute atomic E-state index is 0.592. The molecule has 10 rings (SSSR count). The molecule has 0 radical (unpaired) electrons. The monoisotopic (exact) mass is 591 g/mol. The summed E-state index contributed by atoms with van der Waals surface area (Å²) in [6.07, 6.45) is 5.66. The zero-order valence-corrected chi connectivity index (χ0v) is 24.6. The van der Waals surface area contributed by atoms with E-state index in [4.69, 9.17) is 19.7 Å². The quantitative estimate of drug-likeness (QED) is 0.201. The normalized spacial score (nSPS) is 14.0. The predicted octanol–water partition coefficient (Wildman–Crippen LogP) is 9.24. The first-order chi connectivity index (χ1) is 22.8. The Balaban J connectivity index is 1.21. The second-order valence-corrected chi connectivity index (χ2v) is 11.7. The number of rotatable bonds is 2. The van der Waals surface area contributed by atoms with Crippen molar-refractivity contribution >= 4 is 39.3 Å². The van der Waals surface area contributed by atoms with Crippen LogP contribution >= 0.6 is 0 Å². The van der Waals surface area contributed by atoms with E-state index in [1.54, 1.807) is 0 Å². The first-order valence-corrected chi connectivity index (χ1v) is 15.4. The van der Waals surface area contributed by atoms with Crippen LogP contribution in [0.15, 0.2) is 152 Å². The van der Waals surface area contributed by atoms with Crippen LogP contribution in [0.5, 0.6) is 11.5 Å². The zero-order chi connectivity index (χ0) is 30.2. The summed E-state index contributed by atoms with van der Waals surface area (Å²) in [5.41, 5.74) is 9.93. The lowest BCUT2D eigenvalue weighted by molar-refractivity contribution is 0.434. The molecule has 3 aromatic heterocycles. The summed E-state index contributed by atoms with van der Waals surface area (Å²) in [5.74, 6) is 2.33. The Morgan fingerprint density at radius 1 is 0.500 bits per heavy atom. The first kappa shape index (κ1) is 25.1. The fraction of sp³-hybridized carbons (Fsp3) is 0.0250. The van der Waals surface area contributed by atoms with E-state index in [1.165, 1.54) is 0 Å². The molecule has 5 aromatic carbocycles. The van der Waals surface area contributed by atoms with Crippen molar-refractivity contribution in [3.63, 3.8) is 0 Å². The van der Waals surface area contributed by atoms with Gasteiger partial charge >= 0.3 is 0 Å². The molecular formula is C40H25N5O. The molecule has 0 amide bonds. The molecule has 0 N–H and O–H groups in total. The molecule has 0 aliphatic carbocycles. The van der Waals surface area contributed by atoms with Crippen molar-refractivity contribution in [2.24, 2.45) is 0 Å². The van der Waals surface area contributed by atoms with Crippen LogP contribution in [0.1, 0.15) is 22.3 Å². The molecule has 8 aromatic rings. The van der Waals surface area contributed by atoms with Gasteiger partial charge in [-0.3, -0.25) is 9.88 Å². The number of benzene rings is 5. The molecule has 0 saturated heterocycles. The van der Waals surface area contributed by atoms with Crippen molar-refractivity contribution in [3.8, 4) is 17.2 Å². The second kappa shape index (κ2) is 9.36. The molecule has 1 spiro atoms. The maximum atomic E-state index is 6.51. The number of fused-ring (bicyclic) bond motifs is 11. The number of para-hydroxylation sites is 5. The number of pyridine rings is 1. The van der Waals surface area contributed by atoms with Crippen LogP contribution in [-0.4, -0.2) is 19.5 Å². The van der Waals surface area contributed by atoms with E-state index in [-0.39, 0.29) is 0 Å². The molecule has 0 bridgehead atoms. The third-order valence-electron chi connectivity index (χ3n) is 9.41. The fourth-order valence-electron chi connectivity index (χ4n) is 7.64. The molecule has 2 aliphatic heterocycles. The molecule has 0 saturated carbocycles. The summed E-state index contributed by atoms with van der Waals surface area (Å²) in [4.78, 5) is 17.0. The number of anilines is 3. The molecule has 0 unspecified atom stereocenters. The van der Waals surface area contributed by atoms with Crippen LogP contribution in [0.25, 0.3) is 27.6 Å². The van der Waals surface area contributed by atoms with E-state index in [9.17, 15) is 0 Å². The SMILES string of the molecule is c1ccc2c(c1)Oc1ccccc1C21c2ccccc2N(c2ncc(-n3c4ccccc4c4ncccc43)cn2)c2ccccc21. The number of aromatic nitrogens is 4. The highest BCUT2D eigenvalue weighted by Crippen LogP contribution is 2.62. The van der Waals surface area contributed by atoms with Gasteiger partial charge in [0.25, 0.3) is 0 Å². The van der Waals surface area contributed by atoms with E-state index < -0.39 is 5.41 Å². The molecule has 5 heterocycles. The van der Waals surface area contributed by atoms with Crippen molar-refractivity contribution in [2.75, 3.05) is 4.90 Å². The van der Waals surface area contributed by atoms with Gasteiger partial charge in [0.05, 0.1) is 51.4 Å². The summed E-state index contributed by atoms with van der Waals surface area (Å²) in [7, 11) is 0. The van der Waals surface area contributed by atoms with Crippen LogP contribution in [0.4, 0.5) is 17.3 Å². The van der Waals surface area contributed by atoms with Gasteiger partial charge < -0.3 is 9.30 Å². The Bertz CT molecular complexity index is 2330. The van der Waals surface area contributed by atoms with Gasteiger partial charge in [-0.1, -0.05) is 91.0 Å². The third-order valence-corrected chi connectivity index (χ3v) is 9.41. The Kier molecular flexibility index (Phi) is 5.11. The summed E-state index contributed by atoms with van der Waals surface area (Å²) in [5, 5.41) is 1.10. The van der Waals surface area contributed by atoms with Crippen molar-refractivity contribution in [1.29, 1.82) is 0 Å². The molecule has 6 nitrogen and oxygen atoms in total. The predicted molar refractivity (Wildman–Crippen MR) is 181 cm³/mol. The average molecular weight is 592 g/mol. The van der Waals surface area contributed by atoms with Crippen LogP contribution in [0.3, 0.4) is 0 Å². The van der Waals surface area contributed by atoms with E-state index in [0.29, 0.717) is 5.95 Å². The maximum absolute atomic E-state index is 6.51. The van der Waals surface area contributed by atoms with Crippen LogP contribution in [0.2, 0.25) is 0 Å². The van der Waals surface area contributed by atoms with Crippen LogP contribution in [-0.2, 0) is 5.41 Å². The van der Waals surface area contributed by atoms with Gasteiger partial charge in [0, 0.05) is 22.7 Å². The Morgan fingerprint density at radius 3 is 1.72 bits per heavy atom. The van der Waals surface area contributed by atoms with Gasteiger partial charge in [-0.2, -0.15) is 0 Å². The Morgan fingerprint density at radius 2 is 1.04 bits per heavy atom. The largest absolute Gasteiger partial charge is 0.457 e. The molecule has 46 heavy (non-hydrogen) atoms. The van der Waals surface area contributed by atoms with Crippen LogP contribution < -0.4 is 9.64 Å². The minimum atomic E-state index is -0.592. The number of hydrogen-bond acceptors (Lipinski definition) is 5. The Hall–Kier alpha value is -6.27. The highest BCUT2D eigenvalue weighted by atomic mass is 16.5. The second-order valence-electron chi connectivity index (χ2n) is 11.7. The summed E-state index contributed by atoms with van der Waals surface area (Å²) in [6.45, 7) is 0. The Labute approximate surface area is 264 Å². The van der Waals surface area contributed by atoms with Gasteiger partial charge in [-0.25, -0.2) is 9.97 Å². The molecule has 0 atom stereocenters. The van der Waals surface area contributed by atoms with E-state index in [2.05, 4.69) is 119 Å².